The minimum Gasteiger partial charge on any atom is -0.507 e. The standard InChI is InChI=1S/C18H16N2O2S/c21-15-9-5-4-8-14(15)18-20-12-16(23-18)17(22)19-11-10-13-6-2-1-3-7-13/h1-9,12,21H,10-11H2,(H,19,22). The quantitative estimate of drug-likeness (QED) is 0.755. The second-order valence-electron chi connectivity index (χ2n) is 5.04. The molecule has 0 saturated carbocycles. The molecule has 0 aliphatic carbocycles. The summed E-state index contributed by atoms with van der Waals surface area (Å²) in [4.78, 5) is 16.9. The van der Waals surface area contributed by atoms with Crippen molar-refractivity contribution in [3.8, 4) is 16.3 Å². The van der Waals surface area contributed by atoms with Crippen LogP contribution in [0.25, 0.3) is 10.6 Å². The number of phenolic OH excluding ortho intramolecular Hbond substituents is 1. The molecule has 3 rings (SSSR count). The van der Waals surface area contributed by atoms with Gasteiger partial charge in [-0.1, -0.05) is 42.5 Å². The highest BCUT2D eigenvalue weighted by molar-refractivity contribution is 7.16. The van der Waals surface area contributed by atoms with E-state index < -0.39 is 0 Å². The summed E-state index contributed by atoms with van der Waals surface area (Å²) in [6.45, 7) is 0.576. The zero-order valence-corrected chi connectivity index (χ0v) is 13.2. The summed E-state index contributed by atoms with van der Waals surface area (Å²) in [5, 5.41) is 13.4. The molecule has 1 amide bonds. The van der Waals surface area contributed by atoms with E-state index in [9.17, 15) is 9.90 Å². The van der Waals surface area contributed by atoms with Crippen molar-refractivity contribution in [3.05, 3.63) is 71.2 Å². The van der Waals surface area contributed by atoms with Gasteiger partial charge in [-0.3, -0.25) is 4.79 Å². The van der Waals surface area contributed by atoms with Gasteiger partial charge in [0.15, 0.2) is 0 Å². The van der Waals surface area contributed by atoms with Crippen molar-refractivity contribution in [1.82, 2.24) is 10.3 Å². The SMILES string of the molecule is O=C(NCCc1ccccc1)c1cnc(-c2ccccc2O)s1. The van der Waals surface area contributed by atoms with Crippen molar-refractivity contribution >= 4 is 17.2 Å². The Morgan fingerprint density at radius 3 is 2.61 bits per heavy atom. The molecule has 0 aliphatic heterocycles. The molecule has 0 bridgehead atoms. The molecular formula is C18H16N2O2S. The van der Waals surface area contributed by atoms with Crippen LogP contribution >= 0.6 is 11.3 Å². The smallest absolute Gasteiger partial charge is 0.263 e. The van der Waals surface area contributed by atoms with E-state index in [1.54, 1.807) is 24.4 Å². The number of aromatic nitrogens is 1. The lowest BCUT2D eigenvalue weighted by Gasteiger charge is -2.03. The molecule has 0 aliphatic rings. The Bertz CT molecular complexity index is 800. The molecular weight excluding hydrogens is 308 g/mol. The van der Waals surface area contributed by atoms with Crippen LogP contribution < -0.4 is 5.32 Å². The van der Waals surface area contributed by atoms with Crippen molar-refractivity contribution in [2.45, 2.75) is 6.42 Å². The topological polar surface area (TPSA) is 62.2 Å². The molecule has 23 heavy (non-hydrogen) atoms. The minimum atomic E-state index is -0.139. The van der Waals surface area contributed by atoms with Crippen LogP contribution in [0, 0.1) is 0 Å². The van der Waals surface area contributed by atoms with Crippen molar-refractivity contribution in [2.24, 2.45) is 0 Å². The second-order valence-corrected chi connectivity index (χ2v) is 6.07. The third-order valence-corrected chi connectivity index (χ3v) is 4.44. The molecule has 0 unspecified atom stereocenters. The van der Waals surface area contributed by atoms with Crippen LogP contribution in [-0.2, 0) is 6.42 Å². The number of thiazole rings is 1. The second kappa shape index (κ2) is 7.07. The highest BCUT2D eigenvalue weighted by Gasteiger charge is 2.13. The highest BCUT2D eigenvalue weighted by atomic mass is 32.1. The molecule has 3 aromatic rings. The van der Waals surface area contributed by atoms with E-state index in [0.717, 1.165) is 6.42 Å². The first-order chi connectivity index (χ1) is 11.2. The summed E-state index contributed by atoms with van der Waals surface area (Å²) in [6.07, 6.45) is 2.34. The molecule has 0 atom stereocenters. The van der Waals surface area contributed by atoms with Crippen molar-refractivity contribution < 1.29 is 9.90 Å². The number of para-hydroxylation sites is 1. The van der Waals surface area contributed by atoms with E-state index in [0.29, 0.717) is 22.0 Å². The normalized spacial score (nSPS) is 10.4. The number of amides is 1. The minimum absolute atomic E-state index is 0.139. The number of phenols is 1. The maximum atomic E-state index is 12.2. The summed E-state index contributed by atoms with van der Waals surface area (Å²) >= 11 is 1.27. The lowest BCUT2D eigenvalue weighted by atomic mass is 10.1. The van der Waals surface area contributed by atoms with Crippen LogP contribution in [-0.4, -0.2) is 22.5 Å². The lowest BCUT2D eigenvalue weighted by molar-refractivity contribution is 0.0958. The lowest BCUT2D eigenvalue weighted by Crippen LogP contribution is -2.24. The number of benzene rings is 2. The Morgan fingerprint density at radius 1 is 1.09 bits per heavy atom. The number of nitrogens with zero attached hydrogens (tertiary/aromatic N) is 1. The monoisotopic (exact) mass is 324 g/mol. The van der Waals surface area contributed by atoms with Crippen LogP contribution in [0.2, 0.25) is 0 Å². The van der Waals surface area contributed by atoms with Crippen molar-refractivity contribution in [1.29, 1.82) is 0 Å². The zero-order valence-electron chi connectivity index (χ0n) is 12.4. The molecule has 1 heterocycles. The van der Waals surface area contributed by atoms with Gasteiger partial charge in [0.05, 0.1) is 11.8 Å². The summed E-state index contributed by atoms with van der Waals surface area (Å²) in [6, 6.07) is 17.0. The maximum Gasteiger partial charge on any atom is 0.263 e. The maximum absolute atomic E-state index is 12.2. The summed E-state index contributed by atoms with van der Waals surface area (Å²) < 4.78 is 0. The van der Waals surface area contributed by atoms with Gasteiger partial charge >= 0.3 is 0 Å². The molecule has 4 nitrogen and oxygen atoms in total. The van der Waals surface area contributed by atoms with Gasteiger partial charge in [-0.15, -0.1) is 11.3 Å². The number of nitrogens with one attached hydrogen (secondary N) is 1. The van der Waals surface area contributed by atoms with Gasteiger partial charge in [-0.05, 0) is 24.1 Å². The fourth-order valence-corrected chi connectivity index (χ4v) is 3.08. The van der Waals surface area contributed by atoms with E-state index in [-0.39, 0.29) is 11.7 Å². The van der Waals surface area contributed by atoms with Crippen LogP contribution in [0.4, 0.5) is 0 Å². The third kappa shape index (κ3) is 3.76. The van der Waals surface area contributed by atoms with Gasteiger partial charge in [-0.2, -0.15) is 0 Å². The molecule has 5 heteroatoms. The van der Waals surface area contributed by atoms with E-state index in [2.05, 4.69) is 10.3 Å². The van der Waals surface area contributed by atoms with Crippen LogP contribution in [0.5, 0.6) is 5.75 Å². The molecule has 2 N–H and O–H groups in total. The Kier molecular flexibility index (Phi) is 4.68. The Balaban J connectivity index is 1.62. The molecule has 1 aromatic heterocycles. The fraction of sp³-hybridized carbons (Fsp3) is 0.111. The number of hydrogen-bond acceptors (Lipinski definition) is 4. The van der Waals surface area contributed by atoms with Crippen LogP contribution in [0.3, 0.4) is 0 Å². The molecule has 116 valence electrons. The first-order valence-corrected chi connectivity index (χ1v) is 8.12. The number of carbonyl (C=O) groups is 1. The van der Waals surface area contributed by atoms with Crippen molar-refractivity contribution in [2.75, 3.05) is 6.54 Å². The Morgan fingerprint density at radius 2 is 1.83 bits per heavy atom. The van der Waals surface area contributed by atoms with Gasteiger partial charge in [0.1, 0.15) is 15.6 Å². The molecule has 0 saturated heterocycles. The summed E-state index contributed by atoms with van der Waals surface area (Å²) in [5.74, 6) is 0.0259. The predicted molar refractivity (Wildman–Crippen MR) is 91.7 cm³/mol. The first-order valence-electron chi connectivity index (χ1n) is 7.30. The van der Waals surface area contributed by atoms with Gasteiger partial charge in [0.25, 0.3) is 5.91 Å². The Labute approximate surface area is 138 Å². The van der Waals surface area contributed by atoms with E-state index in [1.807, 2.05) is 36.4 Å². The number of rotatable bonds is 5. The number of carbonyl (C=O) groups excluding carboxylic acids is 1. The average Bonchev–Trinajstić information content (AvgIpc) is 3.06. The average molecular weight is 324 g/mol. The molecule has 0 spiro atoms. The van der Waals surface area contributed by atoms with Crippen molar-refractivity contribution in [3.63, 3.8) is 0 Å². The van der Waals surface area contributed by atoms with E-state index in [4.69, 9.17) is 0 Å². The van der Waals surface area contributed by atoms with Crippen LogP contribution in [0.15, 0.2) is 60.8 Å². The van der Waals surface area contributed by atoms with Crippen LogP contribution in [0.1, 0.15) is 15.2 Å². The van der Waals surface area contributed by atoms with Gasteiger partial charge in [0, 0.05) is 6.54 Å². The van der Waals surface area contributed by atoms with Gasteiger partial charge < -0.3 is 10.4 Å². The molecule has 2 aromatic carbocycles. The zero-order chi connectivity index (χ0) is 16.1. The van der Waals surface area contributed by atoms with E-state index in [1.165, 1.54) is 16.9 Å². The predicted octanol–water partition coefficient (Wildman–Crippen LogP) is 3.49. The summed E-state index contributed by atoms with van der Waals surface area (Å²) in [7, 11) is 0. The van der Waals surface area contributed by atoms with Gasteiger partial charge in [0.2, 0.25) is 0 Å². The number of hydrogen-bond donors (Lipinski definition) is 2. The Hall–Kier alpha value is -2.66. The first kappa shape index (κ1) is 15.2. The van der Waals surface area contributed by atoms with Gasteiger partial charge in [-0.25, -0.2) is 4.98 Å². The molecule has 0 radical (unpaired) electrons. The number of aromatic hydroxyl groups is 1. The largest absolute Gasteiger partial charge is 0.507 e. The fourth-order valence-electron chi connectivity index (χ4n) is 2.21. The summed E-state index contributed by atoms with van der Waals surface area (Å²) in [5.41, 5.74) is 1.83. The molecule has 0 fully saturated rings. The highest BCUT2D eigenvalue weighted by Crippen LogP contribution is 2.31. The van der Waals surface area contributed by atoms with E-state index >= 15 is 0 Å². The third-order valence-electron chi connectivity index (χ3n) is 3.41.